The molecule has 2 aromatic rings. The highest BCUT2D eigenvalue weighted by Gasteiger charge is 2.31. The van der Waals surface area contributed by atoms with Crippen LogP contribution in [-0.2, 0) is 4.79 Å². The second-order valence-corrected chi connectivity index (χ2v) is 6.02. The molecule has 2 amide bonds. The smallest absolute Gasteiger partial charge is 0.268 e. The number of rotatable bonds is 4. The third-order valence-electron chi connectivity index (χ3n) is 3.86. The van der Waals surface area contributed by atoms with Crippen LogP contribution in [0.3, 0.4) is 0 Å². The molecule has 1 heterocycles. The van der Waals surface area contributed by atoms with Gasteiger partial charge in [-0.3, -0.25) is 9.59 Å². The number of fused-ring (bicyclic) bond motifs is 1. The first kappa shape index (κ1) is 17.0. The van der Waals surface area contributed by atoms with Gasteiger partial charge in [-0.15, -0.1) is 6.58 Å². The van der Waals surface area contributed by atoms with Crippen molar-refractivity contribution >= 4 is 34.8 Å². The third-order valence-corrected chi connectivity index (χ3v) is 4.18. The number of anilines is 2. The minimum Gasteiger partial charge on any atom is -0.479 e. The summed E-state index contributed by atoms with van der Waals surface area (Å²) in [5, 5.41) is 3.17. The molecule has 1 N–H and O–H groups in total. The minimum absolute atomic E-state index is 0.151. The number of benzene rings is 2. The van der Waals surface area contributed by atoms with Crippen molar-refractivity contribution in [3.05, 3.63) is 65.7 Å². The monoisotopic (exact) mass is 356 g/mol. The van der Waals surface area contributed by atoms with Crippen LogP contribution < -0.4 is 15.0 Å². The number of amides is 2. The van der Waals surface area contributed by atoms with E-state index in [-0.39, 0.29) is 11.8 Å². The van der Waals surface area contributed by atoms with Crippen molar-refractivity contribution in [2.45, 2.75) is 13.0 Å². The highest BCUT2D eigenvalue weighted by Crippen LogP contribution is 2.36. The van der Waals surface area contributed by atoms with Gasteiger partial charge in [-0.1, -0.05) is 29.8 Å². The van der Waals surface area contributed by atoms with Crippen LogP contribution in [0.1, 0.15) is 17.3 Å². The van der Waals surface area contributed by atoms with Gasteiger partial charge in [0.1, 0.15) is 5.75 Å². The molecule has 1 aliphatic rings. The van der Waals surface area contributed by atoms with Crippen molar-refractivity contribution in [1.82, 2.24) is 0 Å². The number of hydrogen-bond donors (Lipinski definition) is 1. The van der Waals surface area contributed by atoms with Gasteiger partial charge >= 0.3 is 0 Å². The molecule has 0 aromatic heterocycles. The van der Waals surface area contributed by atoms with Gasteiger partial charge in [-0.2, -0.15) is 0 Å². The molecule has 6 heteroatoms. The SMILES string of the molecule is C=CCN1C(=O)C(C)Oc2ccc(NC(=O)c3ccccc3Cl)cc21. The Morgan fingerprint density at radius 3 is 2.84 bits per heavy atom. The fraction of sp³-hybridized carbons (Fsp3) is 0.158. The number of hydrogen-bond acceptors (Lipinski definition) is 3. The van der Waals surface area contributed by atoms with E-state index in [0.29, 0.717) is 34.3 Å². The fourth-order valence-electron chi connectivity index (χ4n) is 2.65. The standard InChI is InChI=1S/C19H17ClN2O3/c1-3-10-22-16-11-13(8-9-17(16)25-12(2)19(22)24)21-18(23)14-6-4-5-7-15(14)20/h3-9,11-12H,1,10H2,2H3,(H,21,23). The van der Waals surface area contributed by atoms with Gasteiger partial charge in [0.15, 0.2) is 6.10 Å². The second kappa shape index (κ2) is 6.99. The molecule has 0 radical (unpaired) electrons. The first-order chi connectivity index (χ1) is 12.0. The van der Waals surface area contributed by atoms with Crippen molar-refractivity contribution in [2.24, 2.45) is 0 Å². The Balaban J connectivity index is 1.90. The van der Waals surface area contributed by atoms with Gasteiger partial charge in [-0.25, -0.2) is 0 Å². The van der Waals surface area contributed by atoms with Crippen molar-refractivity contribution in [1.29, 1.82) is 0 Å². The minimum atomic E-state index is -0.559. The molecule has 1 unspecified atom stereocenters. The summed E-state index contributed by atoms with van der Waals surface area (Å²) in [6, 6.07) is 12.0. The number of ether oxygens (including phenoxy) is 1. The van der Waals surface area contributed by atoms with Gasteiger partial charge in [0.25, 0.3) is 11.8 Å². The molecule has 1 aliphatic heterocycles. The predicted octanol–water partition coefficient (Wildman–Crippen LogP) is 3.89. The van der Waals surface area contributed by atoms with Gasteiger partial charge in [0.2, 0.25) is 0 Å². The molecular formula is C19H17ClN2O3. The van der Waals surface area contributed by atoms with Crippen LogP contribution in [0.2, 0.25) is 5.02 Å². The van der Waals surface area contributed by atoms with E-state index in [0.717, 1.165) is 0 Å². The zero-order valence-corrected chi connectivity index (χ0v) is 14.4. The average Bonchev–Trinajstić information content (AvgIpc) is 2.60. The Hall–Kier alpha value is -2.79. The normalized spacial score (nSPS) is 16.0. The van der Waals surface area contributed by atoms with Crippen LogP contribution in [0.25, 0.3) is 0 Å². The van der Waals surface area contributed by atoms with Gasteiger partial charge in [-0.05, 0) is 37.3 Å². The predicted molar refractivity (Wildman–Crippen MR) is 98.5 cm³/mol. The van der Waals surface area contributed by atoms with Crippen LogP contribution in [0.15, 0.2) is 55.1 Å². The lowest BCUT2D eigenvalue weighted by Gasteiger charge is -2.32. The molecule has 0 fully saturated rings. The van der Waals surface area contributed by atoms with Gasteiger partial charge in [0, 0.05) is 12.2 Å². The van der Waals surface area contributed by atoms with Crippen LogP contribution in [0.5, 0.6) is 5.75 Å². The fourth-order valence-corrected chi connectivity index (χ4v) is 2.87. The maximum absolute atomic E-state index is 12.4. The second-order valence-electron chi connectivity index (χ2n) is 5.61. The molecule has 128 valence electrons. The Morgan fingerprint density at radius 1 is 1.36 bits per heavy atom. The Morgan fingerprint density at radius 2 is 2.12 bits per heavy atom. The summed E-state index contributed by atoms with van der Waals surface area (Å²) in [5.74, 6) is 0.115. The summed E-state index contributed by atoms with van der Waals surface area (Å²) >= 11 is 6.06. The highest BCUT2D eigenvalue weighted by molar-refractivity contribution is 6.34. The molecule has 0 saturated carbocycles. The molecule has 0 spiro atoms. The Kier molecular flexibility index (Phi) is 4.76. The van der Waals surface area contributed by atoms with Gasteiger partial charge < -0.3 is 15.0 Å². The molecule has 1 atom stereocenters. The molecule has 0 bridgehead atoms. The quantitative estimate of drug-likeness (QED) is 0.845. The van der Waals surface area contributed by atoms with Crippen LogP contribution >= 0.6 is 11.6 Å². The van der Waals surface area contributed by atoms with Crippen LogP contribution in [-0.4, -0.2) is 24.5 Å². The van der Waals surface area contributed by atoms with E-state index in [9.17, 15) is 9.59 Å². The summed E-state index contributed by atoms with van der Waals surface area (Å²) in [4.78, 5) is 26.3. The summed E-state index contributed by atoms with van der Waals surface area (Å²) in [6.07, 6.45) is 1.09. The van der Waals surface area contributed by atoms with E-state index in [1.54, 1.807) is 60.4 Å². The van der Waals surface area contributed by atoms with E-state index >= 15 is 0 Å². The van der Waals surface area contributed by atoms with E-state index in [1.165, 1.54) is 0 Å². The molecule has 2 aromatic carbocycles. The zero-order chi connectivity index (χ0) is 18.0. The summed E-state index contributed by atoms with van der Waals surface area (Å²) in [5.41, 5.74) is 1.52. The molecular weight excluding hydrogens is 340 g/mol. The Bertz CT molecular complexity index is 850. The number of carbonyl (C=O) groups excluding carboxylic acids is 2. The maximum atomic E-state index is 12.4. The van der Waals surface area contributed by atoms with Crippen molar-refractivity contribution in [3.8, 4) is 5.75 Å². The van der Waals surface area contributed by atoms with E-state index in [4.69, 9.17) is 16.3 Å². The van der Waals surface area contributed by atoms with E-state index in [1.807, 2.05) is 0 Å². The third kappa shape index (κ3) is 3.37. The first-order valence-electron chi connectivity index (χ1n) is 7.80. The topological polar surface area (TPSA) is 58.6 Å². The average molecular weight is 357 g/mol. The first-order valence-corrected chi connectivity index (χ1v) is 8.18. The zero-order valence-electron chi connectivity index (χ0n) is 13.7. The van der Waals surface area contributed by atoms with Crippen LogP contribution in [0, 0.1) is 0 Å². The summed E-state index contributed by atoms with van der Waals surface area (Å²) in [7, 11) is 0. The number of halogens is 1. The number of carbonyl (C=O) groups is 2. The van der Waals surface area contributed by atoms with Crippen molar-refractivity contribution in [3.63, 3.8) is 0 Å². The molecule has 3 rings (SSSR count). The van der Waals surface area contributed by atoms with E-state index in [2.05, 4.69) is 11.9 Å². The van der Waals surface area contributed by atoms with E-state index < -0.39 is 6.10 Å². The summed E-state index contributed by atoms with van der Waals surface area (Å²) < 4.78 is 5.63. The lowest BCUT2D eigenvalue weighted by Crippen LogP contribution is -2.44. The van der Waals surface area contributed by atoms with Crippen molar-refractivity contribution < 1.29 is 14.3 Å². The lowest BCUT2D eigenvalue weighted by atomic mass is 10.1. The largest absolute Gasteiger partial charge is 0.479 e. The van der Waals surface area contributed by atoms with Gasteiger partial charge in [0.05, 0.1) is 16.3 Å². The summed E-state index contributed by atoms with van der Waals surface area (Å²) in [6.45, 7) is 5.75. The maximum Gasteiger partial charge on any atom is 0.268 e. The number of nitrogens with one attached hydrogen (secondary N) is 1. The highest BCUT2D eigenvalue weighted by atomic mass is 35.5. The molecule has 0 saturated heterocycles. The molecule has 0 aliphatic carbocycles. The Labute approximate surface area is 150 Å². The molecule has 5 nitrogen and oxygen atoms in total. The number of nitrogens with zero attached hydrogens (tertiary/aromatic N) is 1. The van der Waals surface area contributed by atoms with Crippen LogP contribution in [0.4, 0.5) is 11.4 Å². The van der Waals surface area contributed by atoms with Crippen molar-refractivity contribution in [2.75, 3.05) is 16.8 Å². The lowest BCUT2D eigenvalue weighted by molar-refractivity contribution is -0.125. The molecule has 25 heavy (non-hydrogen) atoms.